The van der Waals surface area contributed by atoms with Crippen molar-refractivity contribution in [3.8, 4) is 0 Å². The minimum Gasteiger partial charge on any atom is -0.366 e. The fraction of sp³-hybridized carbons (Fsp3) is 0.412. The predicted molar refractivity (Wildman–Crippen MR) is 89.7 cm³/mol. The molecule has 1 aliphatic rings. The van der Waals surface area contributed by atoms with Crippen LogP contribution in [0.1, 0.15) is 41.6 Å². The van der Waals surface area contributed by atoms with Crippen LogP contribution in [0.5, 0.6) is 0 Å². The lowest BCUT2D eigenvalue weighted by atomic mass is 9.91. The number of imidazole rings is 1. The molecule has 6 nitrogen and oxygen atoms in total. The van der Waals surface area contributed by atoms with E-state index in [1.165, 1.54) is 5.56 Å². The number of benzene rings is 1. The van der Waals surface area contributed by atoms with E-state index in [2.05, 4.69) is 21.9 Å². The van der Waals surface area contributed by atoms with Crippen LogP contribution in [0.2, 0.25) is 0 Å². The zero-order valence-corrected chi connectivity index (χ0v) is 13.2. The number of primary amides is 1. The summed E-state index contributed by atoms with van der Waals surface area (Å²) in [6.07, 6.45) is 4.23. The number of amides is 1. The number of H-pyrrole nitrogens is 1. The van der Waals surface area contributed by atoms with Crippen LogP contribution in [0.3, 0.4) is 0 Å². The van der Waals surface area contributed by atoms with Crippen molar-refractivity contribution < 1.29 is 4.79 Å². The molecule has 0 spiro atoms. The number of likely N-dealkylation sites (tertiary alicyclic amines) is 1. The first-order valence-corrected chi connectivity index (χ1v) is 8.19. The number of carbonyl (C=O) groups excluding carboxylic acids is 1. The van der Waals surface area contributed by atoms with Gasteiger partial charge >= 0.3 is 0 Å². The van der Waals surface area contributed by atoms with Gasteiger partial charge in [0.15, 0.2) is 0 Å². The van der Waals surface area contributed by atoms with Crippen LogP contribution in [0.4, 0.5) is 0 Å². The molecule has 1 amide bonds. The molecule has 2 aromatic heterocycles. The van der Waals surface area contributed by atoms with E-state index in [4.69, 9.17) is 5.73 Å². The molecule has 3 N–H and O–H groups in total. The van der Waals surface area contributed by atoms with E-state index in [1.54, 1.807) is 6.07 Å². The van der Waals surface area contributed by atoms with Gasteiger partial charge in [-0.05, 0) is 50.5 Å². The number of hydrogen-bond acceptors (Lipinski definition) is 3. The Balaban J connectivity index is 1.80. The van der Waals surface area contributed by atoms with E-state index in [1.807, 2.05) is 22.8 Å². The van der Waals surface area contributed by atoms with E-state index in [9.17, 15) is 4.79 Å². The number of nitrogens with two attached hydrogens (primary N) is 1. The van der Waals surface area contributed by atoms with Crippen molar-refractivity contribution in [3.05, 3.63) is 35.5 Å². The lowest BCUT2D eigenvalue weighted by Crippen LogP contribution is -2.32. The molecule has 1 saturated heterocycles. The summed E-state index contributed by atoms with van der Waals surface area (Å²) < 4.78 is 1.83. The molecule has 1 aromatic carbocycles. The van der Waals surface area contributed by atoms with Gasteiger partial charge in [-0.25, -0.2) is 4.52 Å². The maximum absolute atomic E-state index is 11.7. The molecule has 0 unspecified atom stereocenters. The Hall–Kier alpha value is -2.34. The van der Waals surface area contributed by atoms with Crippen LogP contribution in [0.25, 0.3) is 16.7 Å². The first kappa shape index (κ1) is 14.3. The third kappa shape index (κ3) is 2.21. The van der Waals surface area contributed by atoms with Crippen molar-refractivity contribution in [1.82, 2.24) is 19.5 Å². The molecule has 23 heavy (non-hydrogen) atoms. The maximum Gasteiger partial charge on any atom is 0.250 e. The fourth-order valence-electron chi connectivity index (χ4n) is 3.71. The van der Waals surface area contributed by atoms with Crippen molar-refractivity contribution in [2.24, 2.45) is 5.73 Å². The van der Waals surface area contributed by atoms with E-state index < -0.39 is 5.91 Å². The zero-order valence-electron chi connectivity index (χ0n) is 13.2. The average molecular weight is 311 g/mol. The number of hydrogen-bond donors (Lipinski definition) is 2. The Labute approximate surface area is 134 Å². The molecule has 4 rings (SSSR count). The number of aromatic amines is 1. The molecule has 120 valence electrons. The third-order valence-electron chi connectivity index (χ3n) is 5.04. The maximum atomic E-state index is 11.7. The molecular formula is C17H21N5O. The minimum atomic E-state index is -0.426. The van der Waals surface area contributed by atoms with E-state index in [0.717, 1.165) is 49.2 Å². The molecule has 0 atom stereocenters. The van der Waals surface area contributed by atoms with E-state index in [0.29, 0.717) is 11.5 Å². The number of piperidine rings is 1. The number of nitrogens with one attached hydrogen (secondary N) is 1. The van der Waals surface area contributed by atoms with Crippen LogP contribution in [0.15, 0.2) is 24.4 Å². The predicted octanol–water partition coefficient (Wildman–Crippen LogP) is 2.11. The summed E-state index contributed by atoms with van der Waals surface area (Å²) in [5.41, 5.74) is 9.92. The Kier molecular flexibility index (Phi) is 3.34. The second-order valence-electron chi connectivity index (χ2n) is 6.26. The van der Waals surface area contributed by atoms with Gasteiger partial charge in [0.1, 0.15) is 11.2 Å². The first-order valence-electron chi connectivity index (χ1n) is 8.19. The van der Waals surface area contributed by atoms with Crippen molar-refractivity contribution in [3.63, 3.8) is 0 Å². The summed E-state index contributed by atoms with van der Waals surface area (Å²) in [6, 6.07) is 5.55. The highest BCUT2D eigenvalue weighted by Crippen LogP contribution is 2.32. The van der Waals surface area contributed by atoms with Gasteiger partial charge in [0.25, 0.3) is 5.91 Å². The van der Waals surface area contributed by atoms with Gasteiger partial charge in [0.2, 0.25) is 0 Å². The number of rotatable bonds is 3. The van der Waals surface area contributed by atoms with Gasteiger partial charge in [-0.15, -0.1) is 0 Å². The highest BCUT2D eigenvalue weighted by atomic mass is 16.1. The van der Waals surface area contributed by atoms with Crippen molar-refractivity contribution in [2.45, 2.75) is 25.7 Å². The number of nitrogens with zero attached hydrogens (tertiary/aromatic N) is 3. The Morgan fingerprint density at radius 2 is 2.17 bits per heavy atom. The summed E-state index contributed by atoms with van der Waals surface area (Å²) in [6.45, 7) is 5.59. The zero-order chi connectivity index (χ0) is 16.0. The van der Waals surface area contributed by atoms with Crippen molar-refractivity contribution in [2.75, 3.05) is 19.6 Å². The minimum absolute atomic E-state index is 0.426. The second-order valence-corrected chi connectivity index (χ2v) is 6.26. The monoisotopic (exact) mass is 311 g/mol. The number of para-hydroxylation sites is 1. The van der Waals surface area contributed by atoms with Gasteiger partial charge in [-0.3, -0.25) is 4.79 Å². The van der Waals surface area contributed by atoms with Gasteiger partial charge in [-0.1, -0.05) is 13.0 Å². The molecule has 3 aromatic rings. The smallest absolute Gasteiger partial charge is 0.250 e. The SMILES string of the molecule is CCN1CCC(c2cnn3c2[nH]c2cccc(C(N)=O)c23)CC1. The lowest BCUT2D eigenvalue weighted by Gasteiger charge is -2.30. The first-order chi connectivity index (χ1) is 11.2. The molecule has 0 radical (unpaired) electrons. The molecule has 1 aliphatic heterocycles. The summed E-state index contributed by atoms with van der Waals surface area (Å²) in [5, 5.41) is 4.53. The molecule has 6 heteroatoms. The topological polar surface area (TPSA) is 79.4 Å². The molecule has 0 aliphatic carbocycles. The second kappa shape index (κ2) is 5.38. The number of aromatic nitrogens is 3. The Morgan fingerprint density at radius 1 is 1.39 bits per heavy atom. The fourth-order valence-corrected chi connectivity index (χ4v) is 3.71. The van der Waals surface area contributed by atoms with Crippen molar-refractivity contribution >= 4 is 22.6 Å². The van der Waals surface area contributed by atoms with Crippen LogP contribution >= 0.6 is 0 Å². The summed E-state index contributed by atoms with van der Waals surface area (Å²) in [7, 11) is 0. The summed E-state index contributed by atoms with van der Waals surface area (Å²) >= 11 is 0. The van der Waals surface area contributed by atoms with Gasteiger partial charge in [0, 0.05) is 5.56 Å². The Morgan fingerprint density at radius 3 is 2.87 bits per heavy atom. The molecule has 0 saturated carbocycles. The van der Waals surface area contributed by atoms with Gasteiger partial charge in [0.05, 0.1) is 17.3 Å². The number of fused-ring (bicyclic) bond motifs is 3. The van der Waals surface area contributed by atoms with Crippen molar-refractivity contribution in [1.29, 1.82) is 0 Å². The normalized spacial score (nSPS) is 17.3. The highest BCUT2D eigenvalue weighted by Gasteiger charge is 2.24. The molecule has 1 fully saturated rings. The van der Waals surface area contributed by atoms with Crippen LogP contribution in [-0.4, -0.2) is 45.0 Å². The molecule has 0 bridgehead atoms. The molecular weight excluding hydrogens is 290 g/mol. The highest BCUT2D eigenvalue weighted by molar-refractivity contribution is 6.05. The van der Waals surface area contributed by atoms with Crippen LogP contribution in [-0.2, 0) is 0 Å². The quantitative estimate of drug-likeness (QED) is 0.777. The average Bonchev–Trinajstić information content (AvgIpc) is 3.13. The summed E-state index contributed by atoms with van der Waals surface area (Å²) in [5.74, 6) is 0.0881. The standard InChI is InChI=1S/C17H21N5O/c1-2-21-8-6-11(7-9-21)13-10-19-22-15-12(16(18)23)4-3-5-14(15)20-17(13)22/h3-5,10-11,20H,2,6-9H2,1H3,(H2,18,23). The third-order valence-corrected chi connectivity index (χ3v) is 5.04. The van der Waals surface area contributed by atoms with Crippen LogP contribution in [0, 0.1) is 0 Å². The lowest BCUT2D eigenvalue weighted by molar-refractivity contribution is 0.100. The summed E-state index contributed by atoms with van der Waals surface area (Å²) in [4.78, 5) is 17.6. The van der Waals surface area contributed by atoms with Gasteiger partial charge in [-0.2, -0.15) is 5.10 Å². The van der Waals surface area contributed by atoms with E-state index >= 15 is 0 Å². The Bertz CT molecular complexity index is 870. The van der Waals surface area contributed by atoms with Crippen LogP contribution < -0.4 is 5.73 Å². The van der Waals surface area contributed by atoms with E-state index in [-0.39, 0.29) is 0 Å². The molecule has 3 heterocycles. The number of carbonyl (C=O) groups is 1. The van der Waals surface area contributed by atoms with Gasteiger partial charge < -0.3 is 15.6 Å². The largest absolute Gasteiger partial charge is 0.366 e.